The van der Waals surface area contributed by atoms with Crippen LogP contribution in [0, 0.1) is 24.0 Å². The highest BCUT2D eigenvalue weighted by molar-refractivity contribution is 7.80. The number of pyridine rings is 1. The largest absolute Gasteiger partial charge is 0.494 e. The van der Waals surface area contributed by atoms with E-state index in [-0.39, 0.29) is 30.3 Å². The van der Waals surface area contributed by atoms with E-state index in [1.807, 2.05) is 47.6 Å². The predicted octanol–water partition coefficient (Wildman–Crippen LogP) is 5.82. The van der Waals surface area contributed by atoms with Gasteiger partial charge in [0.2, 0.25) is 5.91 Å². The zero-order valence-electron chi connectivity index (χ0n) is 23.8. The fourth-order valence-electron chi connectivity index (χ4n) is 5.44. The van der Waals surface area contributed by atoms with Crippen LogP contribution in [-0.2, 0) is 9.53 Å². The molecule has 1 amide bonds. The van der Waals surface area contributed by atoms with Crippen molar-refractivity contribution < 1.29 is 19.2 Å². The molecule has 2 N–H and O–H groups in total. The van der Waals surface area contributed by atoms with Crippen LogP contribution in [-0.4, -0.2) is 46.3 Å². The fourth-order valence-corrected chi connectivity index (χ4v) is 6.01. The van der Waals surface area contributed by atoms with Crippen molar-refractivity contribution in [1.82, 2.24) is 14.9 Å². The molecule has 4 aromatic rings. The van der Waals surface area contributed by atoms with Gasteiger partial charge in [0.25, 0.3) is 5.69 Å². The number of amides is 1. The predicted molar refractivity (Wildman–Crippen MR) is 168 cm³/mol. The number of anilines is 2. The maximum Gasteiger partial charge on any atom is 0.273 e. The number of hydrogen-bond acceptors (Lipinski definition) is 7. The van der Waals surface area contributed by atoms with Gasteiger partial charge in [0, 0.05) is 36.4 Å². The molecule has 13 heteroatoms. The summed E-state index contributed by atoms with van der Waals surface area (Å²) in [7, 11) is 2.93. The molecule has 1 aliphatic rings. The molecule has 1 fully saturated rings. The van der Waals surface area contributed by atoms with Crippen LogP contribution in [0.3, 0.4) is 0 Å². The first-order valence-corrected chi connectivity index (χ1v) is 14.0. The lowest BCUT2D eigenvalue weighted by Crippen LogP contribution is -2.29. The summed E-state index contributed by atoms with van der Waals surface area (Å²) in [5, 5.41) is 18.4. The van der Waals surface area contributed by atoms with Gasteiger partial charge >= 0.3 is 0 Å². The number of halogens is 1. The van der Waals surface area contributed by atoms with Crippen LogP contribution in [0.5, 0.6) is 5.75 Å². The van der Waals surface area contributed by atoms with Gasteiger partial charge in [-0.15, -0.1) is 0 Å². The van der Waals surface area contributed by atoms with Crippen molar-refractivity contribution in [1.29, 1.82) is 0 Å². The molecule has 0 radical (unpaired) electrons. The summed E-state index contributed by atoms with van der Waals surface area (Å²) in [6.45, 7) is 3.85. The Balaban J connectivity index is 1.63. The van der Waals surface area contributed by atoms with Crippen molar-refractivity contribution in [3.8, 4) is 11.4 Å². The van der Waals surface area contributed by atoms with Crippen molar-refractivity contribution in [3.63, 3.8) is 0 Å². The van der Waals surface area contributed by atoms with Crippen LogP contribution in [0.4, 0.5) is 17.1 Å². The van der Waals surface area contributed by atoms with Crippen LogP contribution < -0.4 is 20.3 Å². The third-order valence-corrected chi connectivity index (χ3v) is 7.91. The van der Waals surface area contributed by atoms with Gasteiger partial charge in [-0.3, -0.25) is 19.9 Å². The van der Waals surface area contributed by atoms with Gasteiger partial charge in [-0.1, -0.05) is 17.7 Å². The monoisotopic (exact) mass is 620 g/mol. The first-order chi connectivity index (χ1) is 20.6. The van der Waals surface area contributed by atoms with Gasteiger partial charge in [-0.25, -0.2) is 0 Å². The first kappa shape index (κ1) is 30.0. The minimum Gasteiger partial charge on any atom is -0.494 e. The summed E-state index contributed by atoms with van der Waals surface area (Å²) < 4.78 is 12.5. The topological polar surface area (TPSA) is 124 Å². The van der Waals surface area contributed by atoms with Crippen molar-refractivity contribution >= 4 is 51.9 Å². The number of methoxy groups -OCH3 is 2. The molecule has 222 valence electrons. The molecule has 0 aliphatic carbocycles. The average molecular weight is 621 g/mol. The Labute approximate surface area is 258 Å². The molecular formula is C30H29ClN6O5S. The van der Waals surface area contributed by atoms with E-state index >= 15 is 0 Å². The van der Waals surface area contributed by atoms with Gasteiger partial charge in [0.1, 0.15) is 12.4 Å². The molecule has 5 rings (SSSR count). The molecular weight excluding hydrogens is 592 g/mol. The molecule has 2 aromatic carbocycles. The molecule has 0 unspecified atom stereocenters. The van der Waals surface area contributed by atoms with Crippen LogP contribution in [0.2, 0.25) is 5.02 Å². The number of aryl methyl sites for hydroxylation is 1. The van der Waals surface area contributed by atoms with Crippen molar-refractivity contribution in [2.24, 2.45) is 0 Å². The van der Waals surface area contributed by atoms with Crippen LogP contribution in [0.25, 0.3) is 5.69 Å². The second-order valence-corrected chi connectivity index (χ2v) is 10.7. The average Bonchev–Trinajstić information content (AvgIpc) is 3.48. The van der Waals surface area contributed by atoms with Crippen LogP contribution in [0.15, 0.2) is 66.9 Å². The van der Waals surface area contributed by atoms with E-state index < -0.39 is 4.92 Å². The molecule has 2 atom stereocenters. The third kappa shape index (κ3) is 5.76. The molecule has 2 aromatic heterocycles. The Morgan fingerprint density at radius 3 is 2.60 bits per heavy atom. The third-order valence-electron chi connectivity index (χ3n) is 7.28. The van der Waals surface area contributed by atoms with Crippen molar-refractivity contribution in [2.45, 2.75) is 25.9 Å². The lowest BCUT2D eigenvalue weighted by Gasteiger charge is -2.28. The Morgan fingerprint density at radius 1 is 1.16 bits per heavy atom. The number of nitro groups is 1. The standard InChI is InChI=1S/C30H29ClN6O5S/c1-17-13-21(18(2)35(17)25-11-9-20(37(39)40)15-26(25)42-4)29-28(24-7-5-6-12-32-24)34-30(43)36(29)19-8-10-23(22(31)14-19)33-27(38)16-41-3/h5-15,28-29H,16H2,1-4H3,(H,33,38)(H,34,43)/t28-,29+/m0/s1. The van der Waals surface area contributed by atoms with Gasteiger partial charge < -0.3 is 29.6 Å². The Bertz CT molecular complexity index is 1710. The summed E-state index contributed by atoms with van der Waals surface area (Å²) in [4.78, 5) is 29.7. The fraction of sp³-hybridized carbons (Fsp3) is 0.233. The summed E-state index contributed by atoms with van der Waals surface area (Å²) >= 11 is 12.5. The number of aromatic nitrogens is 2. The van der Waals surface area contributed by atoms with Gasteiger partial charge in [-0.2, -0.15) is 0 Å². The highest BCUT2D eigenvalue weighted by atomic mass is 35.5. The normalized spacial score (nSPS) is 16.2. The first-order valence-electron chi connectivity index (χ1n) is 13.2. The highest BCUT2D eigenvalue weighted by Crippen LogP contribution is 2.45. The zero-order chi connectivity index (χ0) is 30.8. The maximum absolute atomic E-state index is 12.1. The molecule has 43 heavy (non-hydrogen) atoms. The lowest BCUT2D eigenvalue weighted by molar-refractivity contribution is -0.384. The molecule has 3 heterocycles. The summed E-state index contributed by atoms with van der Waals surface area (Å²) in [6.07, 6.45) is 1.74. The Morgan fingerprint density at radius 2 is 1.95 bits per heavy atom. The number of hydrogen-bond donors (Lipinski definition) is 2. The number of nitro benzene ring substituents is 1. The molecule has 1 aliphatic heterocycles. The molecule has 0 bridgehead atoms. The number of ether oxygens (including phenoxy) is 2. The Kier molecular flexibility index (Phi) is 8.62. The number of benzene rings is 2. The van der Waals surface area contributed by atoms with E-state index in [0.717, 1.165) is 22.6 Å². The zero-order valence-corrected chi connectivity index (χ0v) is 25.4. The van der Waals surface area contributed by atoms with Crippen LogP contribution >= 0.6 is 23.8 Å². The number of carbonyl (C=O) groups is 1. The van der Waals surface area contributed by atoms with E-state index in [9.17, 15) is 14.9 Å². The number of carbonyl (C=O) groups excluding carboxylic acids is 1. The smallest absolute Gasteiger partial charge is 0.273 e. The van der Waals surface area contributed by atoms with Gasteiger partial charge in [-0.05, 0) is 74.1 Å². The molecule has 0 spiro atoms. The van der Waals surface area contributed by atoms with Gasteiger partial charge in [0.15, 0.2) is 5.11 Å². The van der Waals surface area contributed by atoms with E-state index in [1.54, 1.807) is 24.4 Å². The highest BCUT2D eigenvalue weighted by Gasteiger charge is 2.42. The summed E-state index contributed by atoms with van der Waals surface area (Å²) in [5.74, 6) is 0.0522. The van der Waals surface area contributed by atoms with E-state index in [2.05, 4.69) is 21.7 Å². The van der Waals surface area contributed by atoms with E-state index in [0.29, 0.717) is 32.9 Å². The summed E-state index contributed by atoms with van der Waals surface area (Å²) in [5.41, 5.74) is 5.31. The van der Waals surface area contributed by atoms with E-state index in [1.165, 1.54) is 26.4 Å². The minimum atomic E-state index is -0.451. The number of thiocarbonyl (C=S) groups is 1. The number of non-ortho nitro benzene ring substituents is 1. The second kappa shape index (κ2) is 12.4. The summed E-state index contributed by atoms with van der Waals surface area (Å²) in [6, 6.07) is 17.0. The van der Waals surface area contributed by atoms with Crippen molar-refractivity contribution in [2.75, 3.05) is 31.0 Å². The number of nitrogens with zero attached hydrogens (tertiary/aromatic N) is 4. The lowest BCUT2D eigenvalue weighted by atomic mass is 9.96. The SMILES string of the molecule is COCC(=O)Nc1ccc(N2C(=S)N[C@@H](c3ccccn3)[C@H]2c2cc(C)n(-c3ccc([N+](=O)[O-])cc3OC)c2C)cc1Cl. The van der Waals surface area contributed by atoms with Crippen molar-refractivity contribution in [3.05, 3.63) is 105 Å². The number of rotatable bonds is 9. The quantitative estimate of drug-likeness (QED) is 0.135. The second-order valence-electron chi connectivity index (χ2n) is 9.92. The molecule has 1 saturated heterocycles. The number of nitrogens with one attached hydrogen (secondary N) is 2. The van der Waals surface area contributed by atoms with Gasteiger partial charge in [0.05, 0.1) is 52.3 Å². The molecule has 11 nitrogen and oxygen atoms in total. The maximum atomic E-state index is 12.1. The molecule has 0 saturated carbocycles. The Hall–Kier alpha value is -4.52. The van der Waals surface area contributed by atoms with E-state index in [4.69, 9.17) is 33.3 Å². The van der Waals surface area contributed by atoms with Crippen LogP contribution in [0.1, 0.15) is 34.7 Å². The minimum absolute atomic E-state index is 0.0613.